The van der Waals surface area contributed by atoms with Crippen LogP contribution in [0.1, 0.15) is 37.3 Å². The molecule has 0 amide bonds. The first-order valence-corrected chi connectivity index (χ1v) is 5.70. The fourth-order valence-corrected chi connectivity index (χ4v) is 2.20. The average Bonchev–Trinajstić information content (AvgIpc) is 2.68. The molecule has 1 aliphatic rings. The maximum absolute atomic E-state index is 9.42. The third-order valence-corrected chi connectivity index (χ3v) is 3.13. The molecule has 1 fully saturated rings. The van der Waals surface area contributed by atoms with Gasteiger partial charge >= 0.3 is 0 Å². The minimum absolute atomic E-state index is 0.0969. The monoisotopic (exact) mass is 209 g/mol. The molecule has 0 bridgehead atoms. The summed E-state index contributed by atoms with van der Waals surface area (Å²) >= 11 is 0. The lowest BCUT2D eigenvalue weighted by atomic mass is 9.93. The van der Waals surface area contributed by atoms with E-state index in [9.17, 15) is 5.11 Å². The van der Waals surface area contributed by atoms with Crippen molar-refractivity contribution in [1.29, 1.82) is 0 Å². The third-order valence-electron chi connectivity index (χ3n) is 3.13. The summed E-state index contributed by atoms with van der Waals surface area (Å²) in [7, 11) is 0. The number of nitrogens with zero attached hydrogens (tertiary/aromatic N) is 2. The Labute approximate surface area is 90.1 Å². The summed E-state index contributed by atoms with van der Waals surface area (Å²) in [5.74, 6) is 0. The van der Waals surface area contributed by atoms with Gasteiger partial charge in [-0.2, -0.15) is 5.10 Å². The molecular weight excluding hydrogens is 190 g/mol. The number of aliphatic hydroxyl groups excluding tert-OH is 1. The fourth-order valence-electron chi connectivity index (χ4n) is 2.20. The zero-order chi connectivity index (χ0) is 10.7. The normalized spacial score (nSPS) is 26.8. The Morgan fingerprint density at radius 2 is 2.13 bits per heavy atom. The van der Waals surface area contributed by atoms with Gasteiger partial charge in [-0.05, 0) is 44.2 Å². The molecule has 1 aromatic rings. The fraction of sp³-hybridized carbons (Fsp3) is 0.727. The van der Waals surface area contributed by atoms with Crippen LogP contribution >= 0.6 is 0 Å². The quantitative estimate of drug-likeness (QED) is 0.776. The van der Waals surface area contributed by atoms with Crippen LogP contribution in [0.2, 0.25) is 0 Å². The highest BCUT2D eigenvalue weighted by Gasteiger charge is 2.20. The van der Waals surface area contributed by atoms with E-state index in [-0.39, 0.29) is 6.10 Å². The van der Waals surface area contributed by atoms with Crippen molar-refractivity contribution in [3.8, 4) is 0 Å². The molecule has 84 valence electrons. The van der Waals surface area contributed by atoms with Crippen LogP contribution in [0.3, 0.4) is 0 Å². The first-order chi connectivity index (χ1) is 7.29. The zero-order valence-corrected chi connectivity index (χ0v) is 8.97. The predicted molar refractivity (Wildman–Crippen MR) is 58.5 cm³/mol. The molecule has 0 spiro atoms. The van der Waals surface area contributed by atoms with Crippen molar-refractivity contribution in [2.75, 3.05) is 6.54 Å². The van der Waals surface area contributed by atoms with Crippen molar-refractivity contribution in [2.24, 2.45) is 5.73 Å². The smallest absolute Gasteiger partial charge is 0.0541 e. The molecule has 0 radical (unpaired) electrons. The second-order valence-electron chi connectivity index (χ2n) is 4.33. The van der Waals surface area contributed by atoms with Crippen LogP contribution in [-0.2, 0) is 6.42 Å². The molecule has 1 saturated carbocycles. The molecule has 3 N–H and O–H groups in total. The summed E-state index contributed by atoms with van der Waals surface area (Å²) in [6.07, 6.45) is 8.66. The molecule has 0 atom stereocenters. The van der Waals surface area contributed by atoms with E-state index in [1.165, 1.54) is 5.56 Å². The molecule has 1 aromatic heterocycles. The zero-order valence-electron chi connectivity index (χ0n) is 8.97. The van der Waals surface area contributed by atoms with E-state index in [0.29, 0.717) is 12.6 Å². The summed E-state index contributed by atoms with van der Waals surface area (Å²) < 4.78 is 2.04. The number of nitrogens with two attached hydrogens (primary N) is 1. The molecule has 4 heteroatoms. The maximum atomic E-state index is 9.42. The molecule has 0 aromatic carbocycles. The number of aliphatic hydroxyl groups is 1. The van der Waals surface area contributed by atoms with E-state index < -0.39 is 0 Å². The molecule has 15 heavy (non-hydrogen) atoms. The number of rotatable bonds is 3. The van der Waals surface area contributed by atoms with Crippen LogP contribution in [0.15, 0.2) is 12.4 Å². The second kappa shape index (κ2) is 4.77. The SMILES string of the molecule is NCCc1cnn(C2CCC(O)CC2)c1. The van der Waals surface area contributed by atoms with Crippen molar-refractivity contribution in [3.05, 3.63) is 18.0 Å². The Morgan fingerprint density at radius 3 is 2.80 bits per heavy atom. The molecule has 2 rings (SSSR count). The van der Waals surface area contributed by atoms with Gasteiger partial charge in [0.1, 0.15) is 0 Å². The van der Waals surface area contributed by atoms with Gasteiger partial charge in [0.2, 0.25) is 0 Å². The maximum Gasteiger partial charge on any atom is 0.0541 e. The molecule has 0 saturated heterocycles. The van der Waals surface area contributed by atoms with E-state index >= 15 is 0 Å². The van der Waals surface area contributed by atoms with Gasteiger partial charge in [-0.3, -0.25) is 4.68 Å². The van der Waals surface area contributed by atoms with E-state index in [4.69, 9.17) is 5.73 Å². The van der Waals surface area contributed by atoms with Gasteiger partial charge in [-0.1, -0.05) is 0 Å². The van der Waals surface area contributed by atoms with Crippen molar-refractivity contribution in [3.63, 3.8) is 0 Å². The first kappa shape index (κ1) is 10.6. The summed E-state index contributed by atoms with van der Waals surface area (Å²) in [5.41, 5.74) is 6.71. The largest absolute Gasteiger partial charge is 0.393 e. The molecule has 1 heterocycles. The predicted octanol–water partition coefficient (Wildman–Crippen LogP) is 0.860. The Kier molecular flexibility index (Phi) is 3.38. The van der Waals surface area contributed by atoms with Crippen molar-refractivity contribution in [2.45, 2.75) is 44.2 Å². The van der Waals surface area contributed by atoms with E-state index in [0.717, 1.165) is 32.1 Å². The van der Waals surface area contributed by atoms with Crippen molar-refractivity contribution < 1.29 is 5.11 Å². The highest BCUT2D eigenvalue weighted by Crippen LogP contribution is 2.27. The van der Waals surface area contributed by atoms with Crippen LogP contribution in [0.4, 0.5) is 0 Å². The third kappa shape index (κ3) is 2.58. The second-order valence-corrected chi connectivity index (χ2v) is 4.33. The van der Waals surface area contributed by atoms with Gasteiger partial charge in [0.25, 0.3) is 0 Å². The van der Waals surface area contributed by atoms with Gasteiger partial charge in [0.15, 0.2) is 0 Å². The van der Waals surface area contributed by atoms with Gasteiger partial charge in [-0.25, -0.2) is 0 Å². The van der Waals surface area contributed by atoms with Crippen LogP contribution in [0.5, 0.6) is 0 Å². The van der Waals surface area contributed by atoms with Gasteiger partial charge in [-0.15, -0.1) is 0 Å². The van der Waals surface area contributed by atoms with Crippen LogP contribution in [0, 0.1) is 0 Å². The Bertz CT molecular complexity index is 303. The highest BCUT2D eigenvalue weighted by atomic mass is 16.3. The minimum Gasteiger partial charge on any atom is -0.393 e. The van der Waals surface area contributed by atoms with Crippen molar-refractivity contribution >= 4 is 0 Å². The van der Waals surface area contributed by atoms with Gasteiger partial charge in [0.05, 0.1) is 18.3 Å². The van der Waals surface area contributed by atoms with E-state index in [1.54, 1.807) is 0 Å². The topological polar surface area (TPSA) is 64.1 Å². The van der Waals surface area contributed by atoms with Crippen LogP contribution in [-0.4, -0.2) is 27.5 Å². The molecular formula is C11H19N3O. The van der Waals surface area contributed by atoms with E-state index in [2.05, 4.69) is 11.3 Å². The Morgan fingerprint density at radius 1 is 1.40 bits per heavy atom. The summed E-state index contributed by atoms with van der Waals surface area (Å²) in [6.45, 7) is 0.676. The molecule has 0 unspecified atom stereocenters. The summed E-state index contributed by atoms with van der Waals surface area (Å²) in [4.78, 5) is 0. The number of aromatic nitrogens is 2. The summed E-state index contributed by atoms with van der Waals surface area (Å²) in [5, 5.41) is 13.8. The molecule has 1 aliphatic carbocycles. The first-order valence-electron chi connectivity index (χ1n) is 5.70. The lowest BCUT2D eigenvalue weighted by molar-refractivity contribution is 0.108. The average molecular weight is 209 g/mol. The van der Waals surface area contributed by atoms with Gasteiger partial charge < -0.3 is 10.8 Å². The Balaban J connectivity index is 1.96. The lowest BCUT2D eigenvalue weighted by Gasteiger charge is -2.25. The minimum atomic E-state index is -0.0969. The molecule has 4 nitrogen and oxygen atoms in total. The van der Waals surface area contributed by atoms with Crippen LogP contribution < -0.4 is 5.73 Å². The Hall–Kier alpha value is -0.870. The highest BCUT2D eigenvalue weighted by molar-refractivity contribution is 5.05. The van der Waals surface area contributed by atoms with Crippen molar-refractivity contribution in [1.82, 2.24) is 9.78 Å². The van der Waals surface area contributed by atoms with E-state index in [1.807, 2.05) is 10.9 Å². The molecule has 0 aliphatic heterocycles. The van der Waals surface area contributed by atoms with Crippen LogP contribution in [0.25, 0.3) is 0 Å². The lowest BCUT2D eigenvalue weighted by Crippen LogP contribution is -2.21. The number of hydrogen-bond acceptors (Lipinski definition) is 3. The standard InChI is InChI=1S/C11H19N3O/c12-6-5-9-7-13-14(8-9)10-1-3-11(15)4-2-10/h7-8,10-11,15H,1-6,12H2. The summed E-state index contributed by atoms with van der Waals surface area (Å²) in [6, 6.07) is 0.472. The van der Waals surface area contributed by atoms with Gasteiger partial charge in [0, 0.05) is 6.20 Å². The number of hydrogen-bond donors (Lipinski definition) is 2.